The van der Waals surface area contributed by atoms with Crippen molar-refractivity contribution in [2.75, 3.05) is 45.1 Å². The van der Waals surface area contributed by atoms with E-state index in [4.69, 9.17) is 4.74 Å². The Balaban J connectivity index is 0.00000264. The summed E-state index contributed by atoms with van der Waals surface area (Å²) < 4.78 is 30.8. The van der Waals surface area contributed by atoms with Crippen LogP contribution in [-0.4, -0.2) is 69.4 Å². The van der Waals surface area contributed by atoms with Gasteiger partial charge >= 0.3 is 0 Å². The van der Waals surface area contributed by atoms with Gasteiger partial charge in [0.2, 0.25) is 10.0 Å². The van der Waals surface area contributed by atoms with E-state index >= 15 is 0 Å². The molecule has 2 heterocycles. The number of sulfonamides is 1. The molecule has 0 saturated carbocycles. The summed E-state index contributed by atoms with van der Waals surface area (Å²) in [7, 11) is -3.02. The van der Waals surface area contributed by atoms with Crippen LogP contribution in [-0.2, 0) is 14.8 Å². The minimum atomic E-state index is -3.02. The van der Waals surface area contributed by atoms with Gasteiger partial charge in [0.1, 0.15) is 0 Å². The molecule has 23 heavy (non-hydrogen) atoms. The molecule has 0 aromatic rings. The zero-order valence-electron chi connectivity index (χ0n) is 14.0. The van der Waals surface area contributed by atoms with Crippen LogP contribution in [0.1, 0.15) is 33.1 Å². The summed E-state index contributed by atoms with van der Waals surface area (Å²) in [6.45, 7) is 7.96. The molecule has 2 fully saturated rings. The topological polar surface area (TPSA) is 83.0 Å². The number of rotatable bonds is 6. The van der Waals surface area contributed by atoms with Crippen molar-refractivity contribution in [1.82, 2.24) is 14.9 Å². The molecular formula is C14H29IN4O3S. The molecule has 2 N–H and O–H groups in total. The number of hydrogen-bond acceptors (Lipinski definition) is 4. The normalized spacial score (nSPS) is 27.7. The summed E-state index contributed by atoms with van der Waals surface area (Å²) in [5.41, 5.74) is -0.166. The predicted octanol–water partition coefficient (Wildman–Crippen LogP) is 0.764. The Hall–Kier alpha value is -0.130. The molecule has 1 atom stereocenters. The number of guanidine groups is 1. The molecule has 0 aromatic carbocycles. The van der Waals surface area contributed by atoms with E-state index < -0.39 is 10.0 Å². The number of ether oxygens (including phenoxy) is 1. The second-order valence-electron chi connectivity index (χ2n) is 6.09. The number of nitrogens with one attached hydrogen (secondary N) is 2. The number of hydrogen-bond donors (Lipinski definition) is 2. The first kappa shape index (κ1) is 20.9. The van der Waals surface area contributed by atoms with E-state index in [-0.39, 0.29) is 35.3 Å². The average molecular weight is 460 g/mol. The molecule has 0 spiro atoms. The second-order valence-corrected chi connectivity index (χ2v) is 8.18. The monoisotopic (exact) mass is 460 g/mol. The lowest BCUT2D eigenvalue weighted by Crippen LogP contribution is -2.43. The third-order valence-corrected chi connectivity index (χ3v) is 6.03. The zero-order chi connectivity index (χ0) is 16.1. The number of aliphatic imine (C=N–C) groups is 1. The van der Waals surface area contributed by atoms with Gasteiger partial charge < -0.3 is 15.4 Å². The molecule has 0 aliphatic carbocycles. The van der Waals surface area contributed by atoms with Crippen LogP contribution >= 0.6 is 24.0 Å². The molecule has 2 saturated heterocycles. The third-order valence-electron chi connectivity index (χ3n) is 4.07. The molecular weight excluding hydrogens is 431 g/mol. The first-order valence-corrected chi connectivity index (χ1v) is 9.70. The third kappa shape index (κ3) is 6.35. The highest BCUT2D eigenvalue weighted by molar-refractivity contribution is 14.0. The highest BCUT2D eigenvalue weighted by Gasteiger charge is 2.30. The highest BCUT2D eigenvalue weighted by Crippen LogP contribution is 2.24. The molecule has 0 aromatic heterocycles. The molecule has 0 radical (unpaired) electrons. The maximum atomic E-state index is 11.7. The van der Waals surface area contributed by atoms with E-state index in [2.05, 4.69) is 22.5 Å². The molecule has 2 aliphatic heterocycles. The van der Waals surface area contributed by atoms with Crippen LogP contribution in [0.2, 0.25) is 0 Å². The molecule has 9 heteroatoms. The summed E-state index contributed by atoms with van der Waals surface area (Å²) in [5.74, 6) is 0.993. The van der Waals surface area contributed by atoms with Crippen LogP contribution in [0.5, 0.6) is 0 Å². The van der Waals surface area contributed by atoms with Gasteiger partial charge in [-0.2, -0.15) is 0 Å². The Morgan fingerprint density at radius 1 is 1.35 bits per heavy atom. The van der Waals surface area contributed by atoms with Crippen molar-refractivity contribution in [3.63, 3.8) is 0 Å². The van der Waals surface area contributed by atoms with Gasteiger partial charge in [-0.1, -0.05) is 0 Å². The van der Waals surface area contributed by atoms with Crippen molar-refractivity contribution in [2.45, 2.75) is 38.7 Å². The fourth-order valence-corrected chi connectivity index (χ4v) is 4.32. The molecule has 2 aliphatic rings. The van der Waals surface area contributed by atoms with Crippen molar-refractivity contribution >= 4 is 40.0 Å². The van der Waals surface area contributed by atoms with Crippen LogP contribution < -0.4 is 10.6 Å². The van der Waals surface area contributed by atoms with Crippen LogP contribution in [0.15, 0.2) is 4.99 Å². The van der Waals surface area contributed by atoms with Crippen molar-refractivity contribution in [1.29, 1.82) is 0 Å². The lowest BCUT2D eigenvalue weighted by Gasteiger charge is -2.22. The largest absolute Gasteiger partial charge is 0.373 e. The Bertz CT molecular complexity index is 492. The molecule has 2 rings (SSSR count). The minimum Gasteiger partial charge on any atom is -0.373 e. The maximum absolute atomic E-state index is 11.7. The van der Waals surface area contributed by atoms with Crippen molar-refractivity contribution in [2.24, 2.45) is 4.99 Å². The van der Waals surface area contributed by atoms with Gasteiger partial charge in [0.15, 0.2) is 5.96 Å². The van der Waals surface area contributed by atoms with Crippen molar-refractivity contribution in [3.05, 3.63) is 0 Å². The Labute approximate surface area is 156 Å². The summed E-state index contributed by atoms with van der Waals surface area (Å²) in [5, 5.41) is 6.39. The second kappa shape index (κ2) is 9.38. The van der Waals surface area contributed by atoms with E-state index in [1.165, 1.54) is 0 Å². The van der Waals surface area contributed by atoms with Crippen molar-refractivity contribution < 1.29 is 13.2 Å². The van der Waals surface area contributed by atoms with Crippen LogP contribution in [0.4, 0.5) is 0 Å². The summed E-state index contributed by atoms with van der Waals surface area (Å²) in [6, 6.07) is 0. The van der Waals surface area contributed by atoms with E-state index in [0.29, 0.717) is 26.2 Å². The summed E-state index contributed by atoms with van der Waals surface area (Å²) in [6.07, 6.45) is 2.84. The van der Waals surface area contributed by atoms with Crippen molar-refractivity contribution in [3.8, 4) is 0 Å². The fraction of sp³-hybridized carbons (Fsp3) is 0.929. The SMILES string of the molecule is CCNC(=NCC1(C)CCCO1)NCCN1CCCS1(=O)=O.I. The zero-order valence-corrected chi connectivity index (χ0v) is 17.2. The van der Waals surface area contributed by atoms with Gasteiger partial charge in [0.05, 0.1) is 17.9 Å². The number of nitrogens with zero attached hydrogens (tertiary/aromatic N) is 2. The standard InChI is InChI=1S/C14H28N4O3S.HI/c1-3-15-13(17-12-14(2)6-4-10-21-14)16-7-9-18-8-5-11-22(18,19)20;/h3-12H2,1-2H3,(H2,15,16,17);1H. The lowest BCUT2D eigenvalue weighted by molar-refractivity contribution is 0.0283. The molecule has 0 amide bonds. The minimum absolute atomic E-state index is 0. The first-order valence-electron chi connectivity index (χ1n) is 8.09. The summed E-state index contributed by atoms with van der Waals surface area (Å²) in [4.78, 5) is 4.57. The summed E-state index contributed by atoms with van der Waals surface area (Å²) >= 11 is 0. The van der Waals surface area contributed by atoms with E-state index in [0.717, 1.165) is 38.4 Å². The van der Waals surface area contributed by atoms with Crippen LogP contribution in [0.3, 0.4) is 0 Å². The Morgan fingerprint density at radius 2 is 2.13 bits per heavy atom. The smallest absolute Gasteiger partial charge is 0.214 e. The van der Waals surface area contributed by atoms with Gasteiger partial charge in [-0.25, -0.2) is 12.7 Å². The Kier molecular flexibility index (Phi) is 8.53. The van der Waals surface area contributed by atoms with E-state index in [1.807, 2.05) is 6.92 Å². The molecule has 0 bridgehead atoms. The molecule has 1 unspecified atom stereocenters. The van der Waals surface area contributed by atoms with Gasteiger partial charge in [-0.05, 0) is 33.1 Å². The van der Waals surface area contributed by atoms with E-state index in [9.17, 15) is 8.42 Å². The highest BCUT2D eigenvalue weighted by atomic mass is 127. The number of halogens is 1. The van der Waals surface area contributed by atoms with Gasteiger partial charge in [-0.15, -0.1) is 24.0 Å². The van der Waals surface area contributed by atoms with Crippen LogP contribution in [0.25, 0.3) is 0 Å². The predicted molar refractivity (Wildman–Crippen MR) is 103 cm³/mol. The maximum Gasteiger partial charge on any atom is 0.214 e. The average Bonchev–Trinajstić information content (AvgIpc) is 3.03. The van der Waals surface area contributed by atoms with Gasteiger partial charge in [0.25, 0.3) is 0 Å². The Morgan fingerprint density at radius 3 is 2.70 bits per heavy atom. The fourth-order valence-electron chi connectivity index (χ4n) is 2.79. The van der Waals surface area contributed by atoms with Gasteiger partial charge in [-0.3, -0.25) is 4.99 Å². The molecule has 136 valence electrons. The lowest BCUT2D eigenvalue weighted by atomic mass is 10.0. The van der Waals surface area contributed by atoms with Crippen LogP contribution in [0, 0.1) is 0 Å². The first-order chi connectivity index (χ1) is 10.5. The van der Waals surface area contributed by atoms with E-state index in [1.54, 1.807) is 4.31 Å². The van der Waals surface area contributed by atoms with Gasteiger partial charge in [0, 0.05) is 32.8 Å². The molecule has 7 nitrogen and oxygen atoms in total. The quantitative estimate of drug-likeness (QED) is 0.348.